The number of rotatable bonds is 5. The predicted octanol–water partition coefficient (Wildman–Crippen LogP) is 0.663. The van der Waals surface area contributed by atoms with E-state index < -0.39 is 12.0 Å². The van der Waals surface area contributed by atoms with E-state index in [1.165, 1.54) is 14.2 Å². The van der Waals surface area contributed by atoms with Gasteiger partial charge in [-0.1, -0.05) is 30.3 Å². The third-order valence-electron chi connectivity index (χ3n) is 2.15. The maximum absolute atomic E-state index is 11.6. The first-order chi connectivity index (χ1) is 8.19. The van der Waals surface area contributed by atoms with Crippen molar-refractivity contribution in [3.05, 3.63) is 35.9 Å². The average molecular weight is 237 g/mol. The van der Waals surface area contributed by atoms with Crippen LogP contribution in [0.25, 0.3) is 0 Å². The molecule has 0 unspecified atom stereocenters. The van der Waals surface area contributed by atoms with Crippen molar-refractivity contribution >= 4 is 11.9 Å². The molecule has 1 atom stereocenters. The van der Waals surface area contributed by atoms with Gasteiger partial charge in [0.15, 0.2) is 6.04 Å². The molecule has 1 amide bonds. The average Bonchev–Trinajstić information content (AvgIpc) is 2.36. The van der Waals surface area contributed by atoms with Crippen LogP contribution >= 0.6 is 0 Å². The molecule has 17 heavy (non-hydrogen) atoms. The summed E-state index contributed by atoms with van der Waals surface area (Å²) in [5.74, 6) is -0.882. The lowest BCUT2D eigenvalue weighted by Gasteiger charge is -2.16. The number of nitrogens with one attached hydrogen (secondary N) is 1. The Bertz CT molecular complexity index is 377. The summed E-state index contributed by atoms with van der Waals surface area (Å²) in [7, 11) is 2.69. The topological polar surface area (TPSA) is 64.6 Å². The number of carbonyl (C=O) groups is 2. The first-order valence-corrected chi connectivity index (χ1v) is 5.10. The molecule has 0 aliphatic heterocycles. The van der Waals surface area contributed by atoms with Crippen molar-refractivity contribution in [2.24, 2.45) is 0 Å². The third-order valence-corrected chi connectivity index (χ3v) is 2.15. The van der Waals surface area contributed by atoms with E-state index in [2.05, 4.69) is 14.8 Å². The van der Waals surface area contributed by atoms with Crippen LogP contribution in [0.4, 0.5) is 0 Å². The van der Waals surface area contributed by atoms with Gasteiger partial charge in [0.2, 0.25) is 5.91 Å². The van der Waals surface area contributed by atoms with Gasteiger partial charge < -0.3 is 14.8 Å². The quantitative estimate of drug-likeness (QED) is 0.764. The molecule has 0 heterocycles. The van der Waals surface area contributed by atoms with Crippen molar-refractivity contribution in [3.8, 4) is 0 Å². The van der Waals surface area contributed by atoms with Gasteiger partial charge in [-0.3, -0.25) is 4.79 Å². The molecular weight excluding hydrogens is 222 g/mol. The molecule has 5 heteroatoms. The monoisotopic (exact) mass is 237 g/mol. The van der Waals surface area contributed by atoms with E-state index in [0.717, 1.165) is 0 Å². The first-order valence-electron chi connectivity index (χ1n) is 5.10. The molecule has 92 valence electrons. The third kappa shape index (κ3) is 3.88. The Morgan fingerprint density at radius 1 is 1.24 bits per heavy atom. The Morgan fingerprint density at radius 2 is 1.88 bits per heavy atom. The smallest absolute Gasteiger partial charge is 0.333 e. The van der Waals surface area contributed by atoms with Gasteiger partial charge in [0, 0.05) is 7.11 Å². The van der Waals surface area contributed by atoms with Crippen molar-refractivity contribution in [3.63, 3.8) is 0 Å². The van der Waals surface area contributed by atoms with Crippen LogP contribution in [0.15, 0.2) is 30.3 Å². The van der Waals surface area contributed by atoms with Crippen LogP contribution < -0.4 is 5.32 Å². The highest BCUT2D eigenvalue weighted by Crippen LogP contribution is 2.13. The molecule has 0 saturated heterocycles. The van der Waals surface area contributed by atoms with E-state index in [4.69, 9.17) is 0 Å². The molecule has 1 rings (SSSR count). The van der Waals surface area contributed by atoms with Gasteiger partial charge >= 0.3 is 5.97 Å². The summed E-state index contributed by atoms with van der Waals surface area (Å²) in [6.45, 7) is -0.0969. The highest BCUT2D eigenvalue weighted by Gasteiger charge is 2.22. The lowest BCUT2D eigenvalue weighted by Crippen LogP contribution is -2.36. The van der Waals surface area contributed by atoms with Crippen LogP contribution in [0.3, 0.4) is 0 Å². The number of methoxy groups -OCH3 is 2. The Labute approximate surface area is 99.7 Å². The molecule has 0 radical (unpaired) electrons. The molecule has 1 aromatic carbocycles. The molecule has 5 nitrogen and oxygen atoms in total. The first kappa shape index (κ1) is 13.2. The highest BCUT2D eigenvalue weighted by atomic mass is 16.5. The van der Waals surface area contributed by atoms with Gasteiger partial charge in [-0.2, -0.15) is 0 Å². The Hall–Kier alpha value is -1.88. The van der Waals surface area contributed by atoms with E-state index >= 15 is 0 Å². The molecule has 0 fully saturated rings. The number of ether oxygens (including phenoxy) is 2. The zero-order chi connectivity index (χ0) is 12.7. The van der Waals surface area contributed by atoms with Gasteiger partial charge in [0.05, 0.1) is 7.11 Å². The second-order valence-electron chi connectivity index (χ2n) is 3.37. The fourth-order valence-corrected chi connectivity index (χ4v) is 1.38. The minimum atomic E-state index is -0.802. The van der Waals surface area contributed by atoms with Crippen molar-refractivity contribution in [2.45, 2.75) is 6.04 Å². The molecule has 0 spiro atoms. The molecule has 0 saturated carbocycles. The molecule has 0 aliphatic carbocycles. The number of hydrogen-bond donors (Lipinski definition) is 1. The number of esters is 1. The molecular formula is C12H15NO4. The summed E-state index contributed by atoms with van der Waals surface area (Å²) in [6, 6.07) is 8.09. The summed E-state index contributed by atoms with van der Waals surface area (Å²) >= 11 is 0. The largest absolute Gasteiger partial charge is 0.467 e. The maximum atomic E-state index is 11.6. The minimum absolute atomic E-state index is 0.0969. The number of hydrogen-bond acceptors (Lipinski definition) is 4. The second kappa shape index (κ2) is 6.65. The lowest BCUT2D eigenvalue weighted by molar-refractivity contribution is -0.145. The zero-order valence-corrected chi connectivity index (χ0v) is 9.80. The van der Waals surface area contributed by atoms with E-state index in [-0.39, 0.29) is 12.5 Å². The van der Waals surface area contributed by atoms with E-state index in [1.807, 2.05) is 6.07 Å². The standard InChI is InChI=1S/C12H15NO4/c1-16-8-10(14)13-11(12(15)17-2)9-6-4-3-5-7-9/h3-7,11H,8H2,1-2H3,(H,13,14)/t11-/m0/s1. The van der Waals surface area contributed by atoms with Gasteiger partial charge in [-0.25, -0.2) is 4.79 Å². The molecule has 0 bridgehead atoms. The molecule has 0 aliphatic rings. The molecule has 0 aromatic heterocycles. The van der Waals surface area contributed by atoms with E-state index in [9.17, 15) is 9.59 Å². The fourth-order valence-electron chi connectivity index (χ4n) is 1.38. The Kier molecular flexibility index (Phi) is 5.16. The fraction of sp³-hybridized carbons (Fsp3) is 0.333. The van der Waals surface area contributed by atoms with Crippen molar-refractivity contribution in [1.29, 1.82) is 0 Å². The molecule has 1 N–H and O–H groups in total. The van der Waals surface area contributed by atoms with Crippen LogP contribution in [-0.2, 0) is 19.1 Å². The number of benzene rings is 1. The highest BCUT2D eigenvalue weighted by molar-refractivity contribution is 5.86. The SMILES string of the molecule is COCC(=O)N[C@H](C(=O)OC)c1ccccc1. The van der Waals surface area contributed by atoms with E-state index in [0.29, 0.717) is 5.56 Å². The van der Waals surface area contributed by atoms with Crippen molar-refractivity contribution < 1.29 is 19.1 Å². The zero-order valence-electron chi connectivity index (χ0n) is 9.80. The van der Waals surface area contributed by atoms with Gasteiger partial charge in [0.25, 0.3) is 0 Å². The normalized spacial score (nSPS) is 11.6. The summed E-state index contributed by atoms with van der Waals surface area (Å²) < 4.78 is 9.34. The summed E-state index contributed by atoms with van der Waals surface area (Å²) in [5.41, 5.74) is 0.670. The molecule has 1 aromatic rings. The van der Waals surface area contributed by atoms with Crippen LogP contribution in [0.1, 0.15) is 11.6 Å². The summed E-state index contributed by atoms with van der Waals surface area (Å²) in [5, 5.41) is 2.55. The van der Waals surface area contributed by atoms with Gasteiger partial charge in [0.1, 0.15) is 6.61 Å². The van der Waals surface area contributed by atoms with Crippen LogP contribution in [0, 0.1) is 0 Å². The van der Waals surface area contributed by atoms with Gasteiger partial charge in [-0.15, -0.1) is 0 Å². The maximum Gasteiger partial charge on any atom is 0.333 e. The Morgan fingerprint density at radius 3 is 2.41 bits per heavy atom. The lowest BCUT2D eigenvalue weighted by atomic mass is 10.1. The number of amides is 1. The van der Waals surface area contributed by atoms with Crippen molar-refractivity contribution in [2.75, 3.05) is 20.8 Å². The predicted molar refractivity (Wildman–Crippen MR) is 61.2 cm³/mol. The van der Waals surface area contributed by atoms with E-state index in [1.54, 1.807) is 24.3 Å². The summed E-state index contributed by atoms with van der Waals surface area (Å²) in [4.78, 5) is 23.0. The van der Waals surface area contributed by atoms with Crippen LogP contribution in [0.2, 0.25) is 0 Å². The minimum Gasteiger partial charge on any atom is -0.467 e. The van der Waals surface area contributed by atoms with Crippen LogP contribution in [-0.4, -0.2) is 32.7 Å². The number of carbonyl (C=O) groups excluding carboxylic acids is 2. The van der Waals surface area contributed by atoms with Crippen LogP contribution in [0.5, 0.6) is 0 Å². The Balaban J connectivity index is 2.82. The van der Waals surface area contributed by atoms with Gasteiger partial charge in [-0.05, 0) is 5.56 Å². The summed E-state index contributed by atoms with van der Waals surface area (Å²) in [6.07, 6.45) is 0. The second-order valence-corrected chi connectivity index (χ2v) is 3.37. The van der Waals surface area contributed by atoms with Crippen molar-refractivity contribution in [1.82, 2.24) is 5.32 Å².